The number of carbonyl (C=O) groups excluding carboxylic acids is 3. The van der Waals surface area contributed by atoms with Gasteiger partial charge < -0.3 is 20.0 Å². The fourth-order valence-electron chi connectivity index (χ4n) is 4.18. The first-order valence-corrected chi connectivity index (χ1v) is 11.0. The molecule has 2 N–H and O–H groups in total. The van der Waals surface area contributed by atoms with Gasteiger partial charge in [-0.25, -0.2) is 0 Å². The average molecular weight is 446 g/mol. The molecule has 0 spiro atoms. The molecule has 1 aromatic heterocycles. The van der Waals surface area contributed by atoms with Crippen LogP contribution in [0.25, 0.3) is 0 Å². The van der Waals surface area contributed by atoms with Gasteiger partial charge in [0, 0.05) is 30.0 Å². The van der Waals surface area contributed by atoms with Gasteiger partial charge >= 0.3 is 0 Å². The summed E-state index contributed by atoms with van der Waals surface area (Å²) in [6, 6.07) is 16.0. The molecular weight excluding hydrogens is 418 g/mol. The highest BCUT2D eigenvalue weighted by molar-refractivity contribution is 6.03. The minimum Gasteiger partial charge on any atom is -0.459 e. The van der Waals surface area contributed by atoms with Crippen molar-refractivity contribution in [2.75, 3.05) is 23.7 Å². The maximum atomic E-state index is 13.0. The SMILES string of the molecule is Cc1cc(C)cc(C(=O)N2CCCC(C(=O)Nc3cccc(NC(=O)c4ccco4)c3)C2)c1. The number of anilines is 2. The van der Waals surface area contributed by atoms with Crippen LogP contribution in [-0.4, -0.2) is 35.7 Å². The normalized spacial score (nSPS) is 15.7. The Bertz CT molecular complexity index is 1150. The number of carbonyl (C=O) groups is 3. The van der Waals surface area contributed by atoms with E-state index in [1.165, 1.54) is 6.26 Å². The number of likely N-dealkylation sites (tertiary alicyclic amines) is 1. The molecule has 0 bridgehead atoms. The van der Waals surface area contributed by atoms with E-state index in [9.17, 15) is 14.4 Å². The molecule has 4 rings (SSSR count). The van der Waals surface area contributed by atoms with Crippen LogP contribution in [0.1, 0.15) is 44.9 Å². The van der Waals surface area contributed by atoms with Gasteiger partial charge in [0.25, 0.3) is 11.8 Å². The van der Waals surface area contributed by atoms with Gasteiger partial charge in [-0.3, -0.25) is 14.4 Å². The quantitative estimate of drug-likeness (QED) is 0.599. The zero-order valence-corrected chi connectivity index (χ0v) is 18.8. The highest BCUT2D eigenvalue weighted by atomic mass is 16.3. The van der Waals surface area contributed by atoms with Crippen molar-refractivity contribution >= 4 is 29.1 Å². The van der Waals surface area contributed by atoms with Crippen LogP contribution in [0, 0.1) is 19.8 Å². The van der Waals surface area contributed by atoms with Gasteiger partial charge in [0.2, 0.25) is 5.91 Å². The Kier molecular flexibility index (Phi) is 6.58. The molecule has 0 aliphatic carbocycles. The van der Waals surface area contributed by atoms with Crippen molar-refractivity contribution in [2.45, 2.75) is 26.7 Å². The van der Waals surface area contributed by atoms with E-state index in [-0.39, 0.29) is 29.4 Å². The van der Waals surface area contributed by atoms with Crippen LogP contribution in [0.5, 0.6) is 0 Å². The Morgan fingerprint density at radius 2 is 1.67 bits per heavy atom. The summed E-state index contributed by atoms with van der Waals surface area (Å²) in [4.78, 5) is 39.9. The summed E-state index contributed by atoms with van der Waals surface area (Å²) in [5, 5.41) is 5.68. The van der Waals surface area contributed by atoms with E-state index >= 15 is 0 Å². The number of aryl methyl sites for hydroxylation is 2. The summed E-state index contributed by atoms with van der Waals surface area (Å²) >= 11 is 0. The Morgan fingerprint density at radius 3 is 2.36 bits per heavy atom. The lowest BCUT2D eigenvalue weighted by Gasteiger charge is -2.32. The molecule has 3 aromatic rings. The lowest BCUT2D eigenvalue weighted by molar-refractivity contribution is -0.121. The summed E-state index contributed by atoms with van der Waals surface area (Å²) < 4.78 is 5.10. The van der Waals surface area contributed by atoms with Crippen LogP contribution in [0.2, 0.25) is 0 Å². The minimum absolute atomic E-state index is 0.0399. The zero-order valence-electron chi connectivity index (χ0n) is 18.8. The number of hydrogen-bond donors (Lipinski definition) is 2. The van der Waals surface area contributed by atoms with Crippen LogP contribution in [0.3, 0.4) is 0 Å². The third kappa shape index (κ3) is 5.49. The molecule has 1 unspecified atom stereocenters. The van der Waals surface area contributed by atoms with E-state index in [4.69, 9.17) is 4.42 Å². The van der Waals surface area contributed by atoms with Gasteiger partial charge in [0.1, 0.15) is 0 Å². The molecule has 2 aromatic carbocycles. The zero-order chi connectivity index (χ0) is 23.4. The molecule has 0 radical (unpaired) electrons. The van der Waals surface area contributed by atoms with E-state index in [0.717, 1.165) is 24.0 Å². The number of nitrogens with one attached hydrogen (secondary N) is 2. The third-order valence-electron chi connectivity index (χ3n) is 5.68. The van der Waals surface area contributed by atoms with Crippen LogP contribution >= 0.6 is 0 Å². The largest absolute Gasteiger partial charge is 0.459 e. The van der Waals surface area contributed by atoms with E-state index in [2.05, 4.69) is 10.6 Å². The number of nitrogens with zero attached hydrogens (tertiary/aromatic N) is 1. The highest BCUT2D eigenvalue weighted by Crippen LogP contribution is 2.23. The molecule has 33 heavy (non-hydrogen) atoms. The number of piperidine rings is 1. The Balaban J connectivity index is 1.39. The lowest BCUT2D eigenvalue weighted by atomic mass is 9.96. The molecule has 3 amide bonds. The second-order valence-corrected chi connectivity index (χ2v) is 8.47. The van der Waals surface area contributed by atoms with Gasteiger partial charge in [0.05, 0.1) is 12.2 Å². The number of rotatable bonds is 5. The molecule has 7 heteroatoms. The summed E-state index contributed by atoms with van der Waals surface area (Å²) in [6.07, 6.45) is 2.93. The van der Waals surface area contributed by atoms with Crippen LogP contribution in [0.15, 0.2) is 65.3 Å². The van der Waals surface area contributed by atoms with Crippen molar-refractivity contribution in [1.29, 1.82) is 0 Å². The van der Waals surface area contributed by atoms with Gasteiger partial charge in [-0.1, -0.05) is 23.3 Å². The standard InChI is InChI=1S/C26H27N3O4/c1-17-12-18(2)14-20(13-17)26(32)29-10-4-6-19(16-29)24(30)27-21-7-3-8-22(15-21)28-25(31)23-9-5-11-33-23/h3,5,7-9,11-15,19H,4,6,10,16H2,1-2H3,(H,27,30)(H,28,31). The molecule has 170 valence electrons. The second kappa shape index (κ2) is 9.73. The predicted molar refractivity (Wildman–Crippen MR) is 126 cm³/mol. The van der Waals surface area contributed by atoms with Crippen molar-refractivity contribution in [3.8, 4) is 0 Å². The summed E-state index contributed by atoms with van der Waals surface area (Å²) in [6.45, 7) is 4.97. The van der Waals surface area contributed by atoms with E-state index in [0.29, 0.717) is 30.0 Å². The van der Waals surface area contributed by atoms with E-state index in [1.54, 1.807) is 41.3 Å². The Morgan fingerprint density at radius 1 is 0.939 bits per heavy atom. The third-order valence-corrected chi connectivity index (χ3v) is 5.68. The van der Waals surface area contributed by atoms with Crippen LogP contribution < -0.4 is 10.6 Å². The van der Waals surface area contributed by atoms with Crippen LogP contribution in [-0.2, 0) is 4.79 Å². The molecule has 1 atom stereocenters. The summed E-state index contributed by atoms with van der Waals surface area (Å²) in [5.41, 5.74) is 3.88. The van der Waals surface area contributed by atoms with Gasteiger partial charge in [-0.2, -0.15) is 0 Å². The van der Waals surface area contributed by atoms with Crippen molar-refractivity contribution in [3.05, 3.63) is 83.3 Å². The molecule has 1 aliphatic heterocycles. The minimum atomic E-state index is -0.365. The van der Waals surface area contributed by atoms with E-state index in [1.807, 2.05) is 32.0 Å². The maximum absolute atomic E-state index is 13.0. The fraction of sp³-hybridized carbons (Fsp3) is 0.269. The average Bonchev–Trinajstić information content (AvgIpc) is 3.33. The van der Waals surface area contributed by atoms with Gasteiger partial charge in [-0.05, 0) is 69.2 Å². The smallest absolute Gasteiger partial charge is 0.291 e. The molecule has 1 saturated heterocycles. The first-order valence-electron chi connectivity index (χ1n) is 11.0. The number of benzene rings is 2. The number of hydrogen-bond acceptors (Lipinski definition) is 4. The monoisotopic (exact) mass is 445 g/mol. The summed E-state index contributed by atoms with van der Waals surface area (Å²) in [5.74, 6) is -0.629. The first-order chi connectivity index (χ1) is 15.9. The second-order valence-electron chi connectivity index (χ2n) is 8.47. The Labute approximate surface area is 192 Å². The number of amides is 3. The van der Waals surface area contributed by atoms with Gasteiger partial charge in [-0.15, -0.1) is 0 Å². The highest BCUT2D eigenvalue weighted by Gasteiger charge is 2.29. The predicted octanol–water partition coefficient (Wildman–Crippen LogP) is 4.64. The van der Waals surface area contributed by atoms with Crippen molar-refractivity contribution in [2.24, 2.45) is 5.92 Å². The molecule has 1 aliphatic rings. The van der Waals surface area contributed by atoms with Crippen molar-refractivity contribution in [3.63, 3.8) is 0 Å². The fourth-order valence-corrected chi connectivity index (χ4v) is 4.18. The molecule has 2 heterocycles. The topological polar surface area (TPSA) is 91.7 Å². The van der Waals surface area contributed by atoms with Gasteiger partial charge in [0.15, 0.2) is 5.76 Å². The molecule has 7 nitrogen and oxygen atoms in total. The first kappa shape index (κ1) is 22.3. The molecular formula is C26H27N3O4. The number of furan rings is 1. The molecule has 1 fully saturated rings. The summed E-state index contributed by atoms with van der Waals surface area (Å²) in [7, 11) is 0. The van der Waals surface area contributed by atoms with E-state index < -0.39 is 0 Å². The van der Waals surface area contributed by atoms with Crippen molar-refractivity contribution < 1.29 is 18.8 Å². The van der Waals surface area contributed by atoms with Crippen molar-refractivity contribution in [1.82, 2.24) is 4.90 Å². The Hall–Kier alpha value is -3.87. The van der Waals surface area contributed by atoms with Crippen LogP contribution in [0.4, 0.5) is 11.4 Å². The lowest BCUT2D eigenvalue weighted by Crippen LogP contribution is -2.43. The molecule has 0 saturated carbocycles. The maximum Gasteiger partial charge on any atom is 0.291 e.